The first kappa shape index (κ1) is 10.2. The molecular weight excluding hydrogens is 208 g/mol. The van der Waals surface area contributed by atoms with E-state index in [-0.39, 0.29) is 5.78 Å². The van der Waals surface area contributed by atoms with Gasteiger partial charge in [-0.3, -0.25) is 4.79 Å². The number of carbonyl (C=O) groups is 1. The van der Waals surface area contributed by atoms with E-state index < -0.39 is 0 Å². The van der Waals surface area contributed by atoms with E-state index in [0.717, 1.165) is 11.3 Å². The summed E-state index contributed by atoms with van der Waals surface area (Å²) < 4.78 is 5.17. The van der Waals surface area contributed by atoms with Crippen molar-refractivity contribution in [3.8, 4) is 0 Å². The Kier molecular flexibility index (Phi) is 3.35. The molecule has 78 valence electrons. The molecule has 0 unspecified atom stereocenters. The van der Waals surface area contributed by atoms with Gasteiger partial charge >= 0.3 is 0 Å². The van der Waals surface area contributed by atoms with Crippen molar-refractivity contribution in [2.75, 3.05) is 0 Å². The molecule has 0 spiro atoms. The molecule has 2 aromatic heterocycles. The fraction of sp³-hybridized carbons (Fsp3) is 0.250. The first-order valence-electron chi connectivity index (χ1n) is 4.90. The second-order valence-electron chi connectivity index (χ2n) is 3.43. The summed E-state index contributed by atoms with van der Waals surface area (Å²) in [5.41, 5.74) is 1.12. The van der Waals surface area contributed by atoms with Crippen LogP contribution >= 0.6 is 11.3 Å². The number of hydrogen-bond acceptors (Lipinski definition) is 3. The summed E-state index contributed by atoms with van der Waals surface area (Å²) in [6.07, 6.45) is 3.45. The van der Waals surface area contributed by atoms with Crippen LogP contribution in [-0.2, 0) is 17.6 Å². The summed E-state index contributed by atoms with van der Waals surface area (Å²) in [6.45, 7) is 0. The molecule has 0 saturated heterocycles. The lowest BCUT2D eigenvalue weighted by Gasteiger charge is -1.97. The van der Waals surface area contributed by atoms with Crippen LogP contribution in [0.1, 0.15) is 17.7 Å². The van der Waals surface area contributed by atoms with E-state index in [4.69, 9.17) is 4.42 Å². The van der Waals surface area contributed by atoms with Gasteiger partial charge in [0, 0.05) is 19.3 Å². The van der Waals surface area contributed by atoms with E-state index in [1.165, 1.54) is 0 Å². The average molecular weight is 220 g/mol. The first-order valence-corrected chi connectivity index (χ1v) is 5.84. The summed E-state index contributed by atoms with van der Waals surface area (Å²) in [6, 6.07) is 5.74. The van der Waals surface area contributed by atoms with Crippen molar-refractivity contribution in [3.05, 3.63) is 46.5 Å². The summed E-state index contributed by atoms with van der Waals surface area (Å²) in [4.78, 5) is 11.6. The Labute approximate surface area is 92.5 Å². The van der Waals surface area contributed by atoms with Gasteiger partial charge in [-0.2, -0.15) is 11.3 Å². The van der Waals surface area contributed by atoms with Gasteiger partial charge in [0.1, 0.15) is 11.5 Å². The van der Waals surface area contributed by atoms with Crippen molar-refractivity contribution in [1.29, 1.82) is 0 Å². The van der Waals surface area contributed by atoms with Crippen LogP contribution in [0.4, 0.5) is 0 Å². The maximum absolute atomic E-state index is 11.6. The lowest BCUT2D eigenvalue weighted by molar-refractivity contribution is -0.118. The zero-order chi connectivity index (χ0) is 10.5. The highest BCUT2D eigenvalue weighted by Gasteiger charge is 2.05. The monoisotopic (exact) mass is 220 g/mol. The molecule has 0 N–H and O–H groups in total. The second-order valence-corrected chi connectivity index (χ2v) is 4.21. The minimum absolute atomic E-state index is 0.268. The number of ketones is 1. The highest BCUT2D eigenvalue weighted by atomic mass is 32.1. The molecular formula is C12H12O2S. The van der Waals surface area contributed by atoms with Gasteiger partial charge in [0.05, 0.1) is 6.26 Å². The quantitative estimate of drug-likeness (QED) is 0.775. The number of thiophene rings is 1. The molecule has 0 bridgehead atoms. The Bertz CT molecular complexity index is 401. The Morgan fingerprint density at radius 3 is 3.00 bits per heavy atom. The van der Waals surface area contributed by atoms with Crippen LogP contribution in [0, 0.1) is 0 Å². The minimum atomic E-state index is 0.268. The largest absolute Gasteiger partial charge is 0.469 e. The van der Waals surface area contributed by atoms with E-state index in [0.29, 0.717) is 19.3 Å². The van der Waals surface area contributed by atoms with E-state index >= 15 is 0 Å². The zero-order valence-electron chi connectivity index (χ0n) is 8.31. The number of Topliss-reactive ketones (excluding diaryl/α,β-unsaturated/α-hetero) is 1. The second kappa shape index (κ2) is 4.94. The molecule has 0 saturated carbocycles. The molecule has 0 amide bonds. The van der Waals surface area contributed by atoms with Gasteiger partial charge in [0.25, 0.3) is 0 Å². The van der Waals surface area contributed by atoms with Gasteiger partial charge in [-0.1, -0.05) is 0 Å². The Balaban J connectivity index is 1.78. The summed E-state index contributed by atoms with van der Waals surface area (Å²) in [5.74, 6) is 1.15. The van der Waals surface area contributed by atoms with Crippen molar-refractivity contribution in [3.63, 3.8) is 0 Å². The fourth-order valence-electron chi connectivity index (χ4n) is 1.43. The molecule has 0 atom stereocenters. The van der Waals surface area contributed by atoms with Crippen LogP contribution in [0.25, 0.3) is 0 Å². The Morgan fingerprint density at radius 1 is 1.40 bits per heavy atom. The predicted octanol–water partition coefficient (Wildman–Crippen LogP) is 3.09. The molecule has 0 radical (unpaired) electrons. The predicted molar refractivity (Wildman–Crippen MR) is 60.1 cm³/mol. The normalized spacial score (nSPS) is 10.4. The van der Waals surface area contributed by atoms with Crippen molar-refractivity contribution in [2.24, 2.45) is 0 Å². The summed E-state index contributed by atoms with van der Waals surface area (Å²) in [5, 5.41) is 4.01. The molecule has 0 aromatic carbocycles. The molecule has 3 heteroatoms. The van der Waals surface area contributed by atoms with E-state index in [9.17, 15) is 4.79 Å². The van der Waals surface area contributed by atoms with E-state index in [1.54, 1.807) is 17.6 Å². The number of carbonyl (C=O) groups excluding carboxylic acids is 1. The van der Waals surface area contributed by atoms with E-state index in [1.807, 2.05) is 29.0 Å². The van der Waals surface area contributed by atoms with Crippen molar-refractivity contribution in [2.45, 2.75) is 19.3 Å². The highest BCUT2D eigenvalue weighted by molar-refractivity contribution is 7.07. The number of hydrogen-bond donors (Lipinski definition) is 0. The molecule has 0 fully saturated rings. The maximum Gasteiger partial charge on any atom is 0.137 e. The molecule has 15 heavy (non-hydrogen) atoms. The van der Waals surface area contributed by atoms with Gasteiger partial charge in [0.2, 0.25) is 0 Å². The molecule has 2 nitrogen and oxygen atoms in total. The van der Waals surface area contributed by atoms with E-state index in [2.05, 4.69) is 0 Å². The van der Waals surface area contributed by atoms with Crippen LogP contribution in [-0.4, -0.2) is 5.78 Å². The average Bonchev–Trinajstić information content (AvgIpc) is 2.86. The number of aryl methyl sites for hydroxylation is 1. The lowest BCUT2D eigenvalue weighted by Crippen LogP contribution is -2.03. The third-order valence-electron chi connectivity index (χ3n) is 2.21. The first-order chi connectivity index (χ1) is 7.34. The fourth-order valence-corrected chi connectivity index (χ4v) is 2.10. The number of furan rings is 1. The Morgan fingerprint density at radius 2 is 2.33 bits per heavy atom. The van der Waals surface area contributed by atoms with Gasteiger partial charge in [0.15, 0.2) is 0 Å². The molecule has 0 aliphatic rings. The molecule has 2 aromatic rings. The van der Waals surface area contributed by atoms with Crippen LogP contribution in [0.5, 0.6) is 0 Å². The standard InChI is InChI=1S/C12H12O2S/c13-11(8-10-5-7-15-9-10)3-4-12-2-1-6-14-12/h1-2,5-7,9H,3-4,8H2. The molecule has 0 aliphatic heterocycles. The van der Waals surface area contributed by atoms with Gasteiger partial charge in [-0.05, 0) is 34.5 Å². The third kappa shape index (κ3) is 3.06. The molecule has 0 aliphatic carbocycles. The van der Waals surface area contributed by atoms with Crippen LogP contribution in [0.15, 0.2) is 39.6 Å². The summed E-state index contributed by atoms with van der Waals surface area (Å²) in [7, 11) is 0. The summed E-state index contributed by atoms with van der Waals surface area (Å²) >= 11 is 1.63. The van der Waals surface area contributed by atoms with Gasteiger partial charge in [-0.25, -0.2) is 0 Å². The smallest absolute Gasteiger partial charge is 0.137 e. The van der Waals surface area contributed by atoms with Crippen molar-refractivity contribution in [1.82, 2.24) is 0 Å². The highest BCUT2D eigenvalue weighted by Crippen LogP contribution is 2.10. The Hall–Kier alpha value is -1.35. The van der Waals surface area contributed by atoms with Gasteiger partial charge in [-0.15, -0.1) is 0 Å². The van der Waals surface area contributed by atoms with Crippen LogP contribution in [0.2, 0.25) is 0 Å². The number of rotatable bonds is 5. The van der Waals surface area contributed by atoms with Crippen LogP contribution in [0.3, 0.4) is 0 Å². The van der Waals surface area contributed by atoms with Crippen molar-refractivity contribution < 1.29 is 9.21 Å². The topological polar surface area (TPSA) is 30.2 Å². The SMILES string of the molecule is O=C(CCc1ccco1)Cc1ccsc1. The van der Waals surface area contributed by atoms with Crippen LogP contribution < -0.4 is 0 Å². The van der Waals surface area contributed by atoms with Gasteiger partial charge < -0.3 is 4.42 Å². The third-order valence-corrected chi connectivity index (χ3v) is 2.94. The zero-order valence-corrected chi connectivity index (χ0v) is 9.13. The minimum Gasteiger partial charge on any atom is -0.469 e. The lowest BCUT2D eigenvalue weighted by atomic mass is 10.1. The maximum atomic E-state index is 11.6. The molecule has 2 heterocycles. The van der Waals surface area contributed by atoms with Crippen molar-refractivity contribution >= 4 is 17.1 Å². The molecule has 2 rings (SSSR count).